The van der Waals surface area contributed by atoms with Crippen LogP contribution in [0, 0.1) is 0 Å². The molecule has 1 aromatic heterocycles. The van der Waals surface area contributed by atoms with Gasteiger partial charge in [0.25, 0.3) is 0 Å². The number of likely N-dealkylation sites (tertiary alicyclic amines) is 1. The van der Waals surface area contributed by atoms with Crippen molar-refractivity contribution >= 4 is 21.4 Å². The molecule has 27 heavy (non-hydrogen) atoms. The second-order valence-corrected chi connectivity index (χ2v) is 9.36. The lowest BCUT2D eigenvalue weighted by Gasteiger charge is -2.32. The minimum atomic E-state index is -3.35. The van der Waals surface area contributed by atoms with Crippen molar-refractivity contribution in [3.63, 3.8) is 0 Å². The Labute approximate surface area is 166 Å². The van der Waals surface area contributed by atoms with Crippen molar-refractivity contribution < 1.29 is 13.2 Å². The van der Waals surface area contributed by atoms with Gasteiger partial charge in [0.2, 0.25) is 0 Å². The highest BCUT2D eigenvalue weighted by Crippen LogP contribution is 2.32. The first-order chi connectivity index (χ1) is 12.9. The van der Waals surface area contributed by atoms with Crippen LogP contribution in [0.3, 0.4) is 0 Å². The first-order valence-electron chi connectivity index (χ1n) is 9.16. The fourth-order valence-electron chi connectivity index (χ4n) is 3.52. The van der Waals surface area contributed by atoms with Crippen LogP contribution < -0.4 is 4.74 Å². The summed E-state index contributed by atoms with van der Waals surface area (Å²) in [6, 6.07) is 9.72. The fraction of sp³-hybridized carbons (Fsp3) is 0.450. The summed E-state index contributed by atoms with van der Waals surface area (Å²) >= 11 is 5.96. The van der Waals surface area contributed by atoms with E-state index in [0.717, 1.165) is 38.2 Å². The third-order valence-corrected chi connectivity index (χ3v) is 6.20. The second kappa shape index (κ2) is 8.59. The SMILES string of the molecule is CCOc1ccc(CN2CCC(c3ncc(Cl)cc3S(C)(=O)=O)CC2)cc1. The molecule has 0 aliphatic carbocycles. The van der Waals surface area contributed by atoms with Crippen LogP contribution in [0.15, 0.2) is 41.4 Å². The highest BCUT2D eigenvalue weighted by atomic mass is 35.5. The molecule has 1 fully saturated rings. The molecule has 146 valence electrons. The Balaban J connectivity index is 1.64. The van der Waals surface area contributed by atoms with Crippen molar-refractivity contribution in [3.8, 4) is 5.75 Å². The number of sulfone groups is 1. The van der Waals surface area contributed by atoms with Gasteiger partial charge < -0.3 is 4.74 Å². The number of halogens is 1. The van der Waals surface area contributed by atoms with Crippen LogP contribution in [0.2, 0.25) is 5.02 Å². The maximum Gasteiger partial charge on any atom is 0.177 e. The molecule has 0 amide bonds. The monoisotopic (exact) mass is 408 g/mol. The van der Waals surface area contributed by atoms with Crippen LogP contribution in [0.5, 0.6) is 5.75 Å². The standard InChI is InChI=1S/C20H25ClN2O3S/c1-3-26-18-6-4-15(5-7-18)14-23-10-8-16(9-11-23)20-19(27(2,24)25)12-17(21)13-22-20/h4-7,12-13,16H,3,8-11,14H2,1-2H3. The van der Waals surface area contributed by atoms with E-state index in [1.807, 2.05) is 19.1 Å². The van der Waals surface area contributed by atoms with E-state index < -0.39 is 9.84 Å². The van der Waals surface area contributed by atoms with Crippen molar-refractivity contribution in [2.45, 2.75) is 37.1 Å². The van der Waals surface area contributed by atoms with E-state index in [1.54, 1.807) is 0 Å². The fourth-order valence-corrected chi connectivity index (χ4v) is 4.68. The van der Waals surface area contributed by atoms with E-state index in [4.69, 9.17) is 16.3 Å². The molecule has 7 heteroatoms. The average molecular weight is 409 g/mol. The summed E-state index contributed by atoms with van der Waals surface area (Å²) in [5.74, 6) is 1.03. The molecular formula is C20H25ClN2O3S. The van der Waals surface area contributed by atoms with E-state index in [-0.39, 0.29) is 10.8 Å². The van der Waals surface area contributed by atoms with Crippen molar-refractivity contribution in [2.24, 2.45) is 0 Å². The van der Waals surface area contributed by atoms with E-state index >= 15 is 0 Å². The quantitative estimate of drug-likeness (QED) is 0.725. The lowest BCUT2D eigenvalue weighted by Crippen LogP contribution is -2.33. The summed E-state index contributed by atoms with van der Waals surface area (Å²) in [5.41, 5.74) is 1.90. The number of ether oxygens (including phenoxy) is 1. The average Bonchev–Trinajstić information content (AvgIpc) is 2.64. The van der Waals surface area contributed by atoms with Gasteiger partial charge in [-0.1, -0.05) is 23.7 Å². The maximum absolute atomic E-state index is 12.1. The number of hydrogen-bond acceptors (Lipinski definition) is 5. The van der Waals surface area contributed by atoms with Gasteiger partial charge in [-0.05, 0) is 56.6 Å². The Bertz CT molecular complexity index is 877. The molecule has 0 atom stereocenters. The summed E-state index contributed by atoms with van der Waals surface area (Å²) in [6.45, 7) is 5.34. The van der Waals surface area contributed by atoms with Gasteiger partial charge in [-0.3, -0.25) is 9.88 Å². The zero-order chi connectivity index (χ0) is 19.4. The number of piperidine rings is 1. The highest BCUT2D eigenvalue weighted by molar-refractivity contribution is 7.90. The molecule has 1 aliphatic rings. The molecule has 0 radical (unpaired) electrons. The Morgan fingerprint density at radius 1 is 1.22 bits per heavy atom. The van der Waals surface area contributed by atoms with Gasteiger partial charge in [0, 0.05) is 24.9 Å². The van der Waals surface area contributed by atoms with Gasteiger partial charge in [-0.25, -0.2) is 8.42 Å². The molecule has 0 unspecified atom stereocenters. The topological polar surface area (TPSA) is 59.5 Å². The zero-order valence-electron chi connectivity index (χ0n) is 15.7. The lowest BCUT2D eigenvalue weighted by molar-refractivity contribution is 0.202. The normalized spacial score (nSPS) is 16.4. The van der Waals surface area contributed by atoms with Crippen LogP contribution in [-0.2, 0) is 16.4 Å². The van der Waals surface area contributed by atoms with Crippen LogP contribution >= 0.6 is 11.6 Å². The summed E-state index contributed by atoms with van der Waals surface area (Å²) < 4.78 is 29.7. The minimum absolute atomic E-state index is 0.142. The zero-order valence-corrected chi connectivity index (χ0v) is 17.3. The van der Waals surface area contributed by atoms with Crippen LogP contribution in [0.1, 0.15) is 36.9 Å². The Morgan fingerprint density at radius 3 is 2.48 bits per heavy atom. The van der Waals surface area contributed by atoms with Gasteiger partial charge >= 0.3 is 0 Å². The molecule has 2 aromatic rings. The smallest absolute Gasteiger partial charge is 0.177 e. The molecule has 1 aromatic carbocycles. The molecule has 1 saturated heterocycles. The predicted octanol–water partition coefficient (Wildman–Crippen LogP) is 3.92. The first kappa shape index (κ1) is 20.1. The van der Waals surface area contributed by atoms with E-state index in [0.29, 0.717) is 17.3 Å². The Hall–Kier alpha value is -1.63. The molecule has 0 bridgehead atoms. The summed E-state index contributed by atoms with van der Waals surface area (Å²) in [7, 11) is -3.35. The molecule has 0 spiro atoms. The van der Waals surface area contributed by atoms with Crippen LogP contribution in [0.25, 0.3) is 0 Å². The molecule has 5 nitrogen and oxygen atoms in total. The molecule has 0 saturated carbocycles. The third-order valence-electron chi connectivity index (χ3n) is 4.86. The number of nitrogens with zero attached hydrogens (tertiary/aromatic N) is 2. The molecule has 1 aliphatic heterocycles. The second-order valence-electron chi connectivity index (χ2n) is 6.94. The van der Waals surface area contributed by atoms with Gasteiger partial charge in [-0.15, -0.1) is 0 Å². The third kappa shape index (κ3) is 5.21. The number of rotatable bonds is 6. The first-order valence-corrected chi connectivity index (χ1v) is 11.4. The Morgan fingerprint density at radius 2 is 1.89 bits per heavy atom. The minimum Gasteiger partial charge on any atom is -0.494 e. The van der Waals surface area contributed by atoms with Crippen LogP contribution in [0.4, 0.5) is 0 Å². The molecule has 3 rings (SSSR count). The van der Waals surface area contributed by atoms with Gasteiger partial charge in [0.15, 0.2) is 9.84 Å². The van der Waals surface area contributed by atoms with Crippen molar-refractivity contribution in [1.29, 1.82) is 0 Å². The maximum atomic E-state index is 12.1. The number of pyridine rings is 1. The summed E-state index contributed by atoms with van der Waals surface area (Å²) in [4.78, 5) is 7.02. The summed E-state index contributed by atoms with van der Waals surface area (Å²) in [6.07, 6.45) is 4.52. The largest absolute Gasteiger partial charge is 0.494 e. The van der Waals surface area contributed by atoms with Gasteiger partial charge in [-0.2, -0.15) is 0 Å². The highest BCUT2D eigenvalue weighted by Gasteiger charge is 2.27. The van der Waals surface area contributed by atoms with Crippen molar-refractivity contribution in [1.82, 2.24) is 9.88 Å². The van der Waals surface area contributed by atoms with Crippen LogP contribution in [-0.4, -0.2) is 44.3 Å². The number of benzene rings is 1. The number of aromatic nitrogens is 1. The van der Waals surface area contributed by atoms with Crippen molar-refractivity contribution in [2.75, 3.05) is 26.0 Å². The van der Waals surface area contributed by atoms with Crippen molar-refractivity contribution in [3.05, 3.63) is 52.8 Å². The number of hydrogen-bond donors (Lipinski definition) is 0. The summed E-state index contributed by atoms with van der Waals surface area (Å²) in [5, 5.41) is 0.354. The molecule has 0 N–H and O–H groups in total. The molecular weight excluding hydrogens is 384 g/mol. The Kier molecular flexibility index (Phi) is 6.40. The van der Waals surface area contributed by atoms with E-state index in [1.165, 1.54) is 24.1 Å². The predicted molar refractivity (Wildman–Crippen MR) is 107 cm³/mol. The lowest BCUT2D eigenvalue weighted by atomic mass is 9.92. The van der Waals surface area contributed by atoms with E-state index in [9.17, 15) is 8.42 Å². The molecule has 2 heterocycles. The van der Waals surface area contributed by atoms with Gasteiger partial charge in [0.05, 0.1) is 22.2 Å². The van der Waals surface area contributed by atoms with Gasteiger partial charge in [0.1, 0.15) is 5.75 Å². The van der Waals surface area contributed by atoms with E-state index in [2.05, 4.69) is 22.0 Å².